The van der Waals surface area contributed by atoms with Crippen molar-refractivity contribution in [3.05, 3.63) is 122 Å². The van der Waals surface area contributed by atoms with E-state index in [0.717, 1.165) is 33.3 Å². The van der Waals surface area contributed by atoms with E-state index in [1.165, 1.54) is 32.3 Å². The molecule has 7 aromatic rings. The molecule has 0 saturated heterocycles. The Hall–Kier alpha value is -4.56. The lowest BCUT2D eigenvalue weighted by Gasteiger charge is -2.13. The molecule has 2 heterocycles. The van der Waals surface area contributed by atoms with Gasteiger partial charge in [0, 0.05) is 23.3 Å². The molecule has 2 aromatic heterocycles. The van der Waals surface area contributed by atoms with E-state index in [-0.39, 0.29) is 0 Å². The third-order valence-electron chi connectivity index (χ3n) is 6.74. The summed E-state index contributed by atoms with van der Waals surface area (Å²) in [5.41, 5.74) is 5.41. The summed E-state index contributed by atoms with van der Waals surface area (Å²) >= 11 is 0. The Morgan fingerprint density at radius 2 is 1.15 bits per heavy atom. The molecule has 0 radical (unpaired) electrons. The van der Waals surface area contributed by atoms with Gasteiger partial charge in [-0.15, -0.1) is 0 Å². The fraction of sp³-hybridized carbons (Fsp3) is 0. The first-order chi connectivity index (χ1) is 16.8. The van der Waals surface area contributed by atoms with E-state index in [4.69, 9.17) is 4.98 Å². The van der Waals surface area contributed by atoms with Crippen LogP contribution in [0.3, 0.4) is 0 Å². The quantitative estimate of drug-likeness (QED) is 0.256. The predicted molar refractivity (Wildman–Crippen MR) is 143 cm³/mol. The van der Waals surface area contributed by atoms with Gasteiger partial charge in [0.25, 0.3) is 0 Å². The summed E-state index contributed by atoms with van der Waals surface area (Å²) in [6.45, 7) is 0. The SMILES string of the molecule is c1cnc2cc(-c3ccnc(-c4cc5c6ccccc6ccc5c5ccccc45)c3)ccc2c1. The zero-order valence-electron chi connectivity index (χ0n) is 18.4. The molecule has 0 aliphatic heterocycles. The summed E-state index contributed by atoms with van der Waals surface area (Å²) in [6, 6.07) is 38.8. The van der Waals surface area contributed by atoms with Crippen LogP contribution in [0.2, 0.25) is 0 Å². The van der Waals surface area contributed by atoms with Crippen molar-refractivity contribution in [1.82, 2.24) is 9.97 Å². The monoisotopic (exact) mass is 432 g/mol. The number of nitrogens with zero attached hydrogens (tertiary/aromatic N) is 2. The highest BCUT2D eigenvalue weighted by Gasteiger charge is 2.12. The minimum Gasteiger partial charge on any atom is -0.256 e. The van der Waals surface area contributed by atoms with E-state index in [9.17, 15) is 0 Å². The fourth-order valence-electron chi connectivity index (χ4n) is 5.08. The van der Waals surface area contributed by atoms with E-state index in [2.05, 4.69) is 108 Å². The molecule has 0 amide bonds. The minimum atomic E-state index is 0.977. The Bertz CT molecular complexity index is 1870. The fourth-order valence-corrected chi connectivity index (χ4v) is 5.08. The lowest BCUT2D eigenvalue weighted by Crippen LogP contribution is -1.90. The highest BCUT2D eigenvalue weighted by atomic mass is 14.7. The van der Waals surface area contributed by atoms with Gasteiger partial charge in [-0.3, -0.25) is 9.97 Å². The topological polar surface area (TPSA) is 25.8 Å². The van der Waals surface area contributed by atoms with Crippen LogP contribution in [0.15, 0.2) is 122 Å². The summed E-state index contributed by atoms with van der Waals surface area (Å²) in [6.07, 6.45) is 3.75. The van der Waals surface area contributed by atoms with Crippen LogP contribution < -0.4 is 0 Å². The molecular weight excluding hydrogens is 412 g/mol. The van der Waals surface area contributed by atoms with Gasteiger partial charge < -0.3 is 0 Å². The maximum atomic E-state index is 4.82. The van der Waals surface area contributed by atoms with Crippen molar-refractivity contribution in [1.29, 1.82) is 0 Å². The Morgan fingerprint density at radius 3 is 2.09 bits per heavy atom. The van der Waals surface area contributed by atoms with Crippen molar-refractivity contribution < 1.29 is 0 Å². The van der Waals surface area contributed by atoms with Gasteiger partial charge in [-0.1, -0.05) is 78.9 Å². The highest BCUT2D eigenvalue weighted by molar-refractivity contribution is 6.20. The third-order valence-corrected chi connectivity index (χ3v) is 6.74. The molecule has 0 fully saturated rings. The molecule has 34 heavy (non-hydrogen) atoms. The number of fused-ring (bicyclic) bond motifs is 6. The number of aromatic nitrogens is 2. The normalized spacial score (nSPS) is 11.5. The van der Waals surface area contributed by atoms with Crippen LogP contribution in [0.1, 0.15) is 0 Å². The van der Waals surface area contributed by atoms with E-state index in [0.29, 0.717) is 0 Å². The molecule has 2 heteroatoms. The largest absolute Gasteiger partial charge is 0.256 e. The van der Waals surface area contributed by atoms with Gasteiger partial charge in [-0.2, -0.15) is 0 Å². The molecule has 0 unspecified atom stereocenters. The Labute approximate surface area is 197 Å². The number of hydrogen-bond acceptors (Lipinski definition) is 2. The molecule has 0 aliphatic carbocycles. The second-order valence-corrected chi connectivity index (χ2v) is 8.69. The molecule has 0 aliphatic rings. The molecule has 0 atom stereocenters. The van der Waals surface area contributed by atoms with Gasteiger partial charge in [0.15, 0.2) is 0 Å². The van der Waals surface area contributed by atoms with Crippen LogP contribution in [0.4, 0.5) is 0 Å². The van der Waals surface area contributed by atoms with E-state index < -0.39 is 0 Å². The maximum Gasteiger partial charge on any atom is 0.0714 e. The van der Waals surface area contributed by atoms with Crippen LogP contribution in [0.25, 0.3) is 65.6 Å². The van der Waals surface area contributed by atoms with E-state index in [1.807, 2.05) is 18.5 Å². The Kier molecular flexibility index (Phi) is 4.18. The summed E-state index contributed by atoms with van der Waals surface area (Å²) < 4.78 is 0. The zero-order valence-corrected chi connectivity index (χ0v) is 18.4. The molecule has 0 spiro atoms. The first kappa shape index (κ1) is 19.0. The first-order valence-corrected chi connectivity index (χ1v) is 11.5. The van der Waals surface area contributed by atoms with Crippen molar-refractivity contribution >= 4 is 43.2 Å². The zero-order chi connectivity index (χ0) is 22.5. The Morgan fingerprint density at radius 1 is 0.412 bits per heavy atom. The lowest BCUT2D eigenvalue weighted by molar-refractivity contribution is 1.33. The van der Waals surface area contributed by atoms with Gasteiger partial charge in [0.1, 0.15) is 0 Å². The van der Waals surface area contributed by atoms with Crippen LogP contribution in [-0.2, 0) is 0 Å². The lowest BCUT2D eigenvalue weighted by atomic mass is 9.92. The van der Waals surface area contributed by atoms with Gasteiger partial charge in [-0.25, -0.2) is 0 Å². The molecule has 2 nitrogen and oxygen atoms in total. The average molecular weight is 433 g/mol. The summed E-state index contributed by atoms with van der Waals surface area (Å²) in [7, 11) is 0. The smallest absolute Gasteiger partial charge is 0.0714 e. The molecule has 7 rings (SSSR count). The molecule has 0 saturated carbocycles. The number of hydrogen-bond donors (Lipinski definition) is 0. The average Bonchev–Trinajstić information content (AvgIpc) is 2.92. The van der Waals surface area contributed by atoms with Crippen molar-refractivity contribution in [2.24, 2.45) is 0 Å². The third kappa shape index (κ3) is 2.96. The standard InChI is InChI=1S/C32H20N2/c1-2-8-25-21(6-1)13-14-28-26-9-3-4-10-27(26)30(20-29(25)28)32-19-24(15-17-34-32)23-12-11-22-7-5-16-33-31(22)18-23/h1-20H. The second-order valence-electron chi connectivity index (χ2n) is 8.69. The summed E-state index contributed by atoms with van der Waals surface area (Å²) in [5.74, 6) is 0. The predicted octanol–water partition coefficient (Wildman–Crippen LogP) is 8.42. The number of benzene rings is 5. The second kappa shape index (κ2) is 7.50. The van der Waals surface area contributed by atoms with Crippen molar-refractivity contribution in [2.45, 2.75) is 0 Å². The molecular formula is C32H20N2. The van der Waals surface area contributed by atoms with Crippen LogP contribution in [-0.4, -0.2) is 9.97 Å². The van der Waals surface area contributed by atoms with Crippen LogP contribution in [0, 0.1) is 0 Å². The summed E-state index contributed by atoms with van der Waals surface area (Å²) in [5, 5.41) is 8.67. The first-order valence-electron chi connectivity index (χ1n) is 11.5. The van der Waals surface area contributed by atoms with Gasteiger partial charge >= 0.3 is 0 Å². The number of pyridine rings is 2. The van der Waals surface area contributed by atoms with Crippen LogP contribution >= 0.6 is 0 Å². The molecule has 0 bridgehead atoms. The van der Waals surface area contributed by atoms with Gasteiger partial charge in [0.2, 0.25) is 0 Å². The van der Waals surface area contributed by atoms with E-state index >= 15 is 0 Å². The van der Waals surface area contributed by atoms with Crippen molar-refractivity contribution in [3.63, 3.8) is 0 Å². The molecule has 5 aromatic carbocycles. The Balaban J connectivity index is 1.49. The molecule has 158 valence electrons. The number of rotatable bonds is 2. The summed E-state index contributed by atoms with van der Waals surface area (Å²) in [4.78, 5) is 9.36. The maximum absolute atomic E-state index is 4.82. The minimum absolute atomic E-state index is 0.977. The highest BCUT2D eigenvalue weighted by Crippen LogP contribution is 2.38. The van der Waals surface area contributed by atoms with E-state index in [1.54, 1.807) is 0 Å². The van der Waals surface area contributed by atoms with Crippen molar-refractivity contribution in [3.8, 4) is 22.4 Å². The van der Waals surface area contributed by atoms with Gasteiger partial charge in [-0.05, 0) is 73.8 Å². The van der Waals surface area contributed by atoms with Crippen molar-refractivity contribution in [2.75, 3.05) is 0 Å². The van der Waals surface area contributed by atoms with Gasteiger partial charge in [0.05, 0.1) is 11.2 Å². The van der Waals surface area contributed by atoms with Crippen LogP contribution in [0.5, 0.6) is 0 Å². The molecule has 0 N–H and O–H groups in total.